The van der Waals surface area contributed by atoms with Crippen molar-refractivity contribution in [2.24, 2.45) is 0 Å². The first-order valence-electron chi connectivity index (χ1n) is 6.42. The van der Waals surface area contributed by atoms with Crippen LogP contribution in [0.4, 0.5) is 5.69 Å². The zero-order valence-electron chi connectivity index (χ0n) is 11.9. The van der Waals surface area contributed by atoms with E-state index in [0.717, 1.165) is 10.0 Å². The molecule has 0 saturated carbocycles. The largest absolute Gasteiger partial charge is 0.493 e. The molecule has 21 heavy (non-hydrogen) atoms. The summed E-state index contributed by atoms with van der Waals surface area (Å²) in [5, 5.41) is 2.79. The third-order valence-electron chi connectivity index (χ3n) is 2.83. The number of ether oxygens (including phenoxy) is 2. The lowest BCUT2D eigenvalue weighted by molar-refractivity contribution is -0.118. The van der Waals surface area contributed by atoms with Gasteiger partial charge >= 0.3 is 0 Å². The van der Waals surface area contributed by atoms with Crippen molar-refractivity contribution in [3.05, 3.63) is 52.5 Å². The molecule has 0 bridgehead atoms. The van der Waals surface area contributed by atoms with Gasteiger partial charge in [0, 0.05) is 4.47 Å². The summed E-state index contributed by atoms with van der Waals surface area (Å²) < 4.78 is 11.5. The molecule has 0 heterocycles. The van der Waals surface area contributed by atoms with Crippen molar-refractivity contribution in [1.29, 1.82) is 0 Å². The van der Waals surface area contributed by atoms with Crippen molar-refractivity contribution < 1.29 is 14.3 Å². The van der Waals surface area contributed by atoms with Crippen LogP contribution in [-0.2, 0) is 4.79 Å². The second-order valence-electron chi connectivity index (χ2n) is 4.47. The number of nitrogens with one attached hydrogen (secondary N) is 1. The van der Waals surface area contributed by atoms with Crippen LogP contribution < -0.4 is 14.8 Å². The zero-order valence-corrected chi connectivity index (χ0v) is 13.4. The highest BCUT2D eigenvalue weighted by Gasteiger charge is 2.08. The number of halogens is 1. The molecule has 2 rings (SSSR count). The Morgan fingerprint density at radius 2 is 1.90 bits per heavy atom. The number of methoxy groups -OCH3 is 1. The van der Waals surface area contributed by atoms with E-state index in [9.17, 15) is 4.79 Å². The molecule has 0 fully saturated rings. The van der Waals surface area contributed by atoms with Gasteiger partial charge in [0.2, 0.25) is 0 Å². The number of rotatable bonds is 5. The summed E-state index contributed by atoms with van der Waals surface area (Å²) in [4.78, 5) is 11.9. The van der Waals surface area contributed by atoms with Crippen LogP contribution in [0, 0.1) is 6.92 Å². The molecular weight excluding hydrogens is 334 g/mol. The Morgan fingerprint density at radius 3 is 2.57 bits per heavy atom. The van der Waals surface area contributed by atoms with E-state index >= 15 is 0 Å². The number of carbonyl (C=O) groups excluding carboxylic acids is 1. The van der Waals surface area contributed by atoms with Gasteiger partial charge in [-0.3, -0.25) is 4.79 Å². The number of aryl methyl sites for hydroxylation is 1. The maximum atomic E-state index is 11.9. The van der Waals surface area contributed by atoms with Crippen LogP contribution in [0.5, 0.6) is 11.5 Å². The summed E-state index contributed by atoms with van der Waals surface area (Å²) in [5.74, 6) is 0.908. The van der Waals surface area contributed by atoms with Crippen LogP contribution in [-0.4, -0.2) is 19.6 Å². The second kappa shape index (κ2) is 7.13. The Labute approximate surface area is 132 Å². The number of benzene rings is 2. The van der Waals surface area contributed by atoms with E-state index in [1.165, 1.54) is 0 Å². The zero-order chi connectivity index (χ0) is 15.2. The fraction of sp³-hybridized carbons (Fsp3) is 0.188. The van der Waals surface area contributed by atoms with Gasteiger partial charge in [0.25, 0.3) is 5.91 Å². The highest BCUT2D eigenvalue weighted by molar-refractivity contribution is 9.10. The van der Waals surface area contributed by atoms with Gasteiger partial charge < -0.3 is 14.8 Å². The van der Waals surface area contributed by atoms with Gasteiger partial charge in [-0.2, -0.15) is 0 Å². The number of hydrogen-bond acceptors (Lipinski definition) is 3. The highest BCUT2D eigenvalue weighted by atomic mass is 79.9. The maximum absolute atomic E-state index is 11.9. The Hall–Kier alpha value is -2.01. The van der Waals surface area contributed by atoms with Crippen LogP contribution >= 0.6 is 15.9 Å². The number of anilines is 1. The normalized spacial score (nSPS) is 10.0. The van der Waals surface area contributed by atoms with Crippen LogP contribution in [0.2, 0.25) is 0 Å². The molecule has 0 spiro atoms. The second-order valence-corrected chi connectivity index (χ2v) is 5.33. The van der Waals surface area contributed by atoms with Gasteiger partial charge in [0.15, 0.2) is 18.1 Å². The average Bonchev–Trinajstić information content (AvgIpc) is 2.48. The molecule has 0 unspecified atom stereocenters. The average molecular weight is 350 g/mol. The van der Waals surface area contributed by atoms with Crippen LogP contribution in [0.25, 0.3) is 0 Å². The molecule has 1 N–H and O–H groups in total. The van der Waals surface area contributed by atoms with E-state index in [4.69, 9.17) is 9.47 Å². The first-order chi connectivity index (χ1) is 10.1. The van der Waals surface area contributed by atoms with Crippen molar-refractivity contribution in [2.45, 2.75) is 6.92 Å². The monoisotopic (exact) mass is 349 g/mol. The molecular formula is C16H16BrNO3. The summed E-state index contributed by atoms with van der Waals surface area (Å²) >= 11 is 3.42. The molecule has 0 radical (unpaired) electrons. The number of hydrogen-bond donors (Lipinski definition) is 1. The lowest BCUT2D eigenvalue weighted by Crippen LogP contribution is -2.20. The minimum atomic E-state index is -0.231. The Kier molecular flexibility index (Phi) is 5.22. The third-order valence-corrected chi connectivity index (χ3v) is 3.48. The minimum absolute atomic E-state index is 0.0826. The molecule has 0 aliphatic carbocycles. The van der Waals surface area contributed by atoms with Gasteiger partial charge in [-0.05, 0) is 52.7 Å². The van der Waals surface area contributed by atoms with Crippen molar-refractivity contribution in [1.82, 2.24) is 0 Å². The molecule has 5 heteroatoms. The number of amides is 1. The highest BCUT2D eigenvalue weighted by Crippen LogP contribution is 2.26. The molecule has 110 valence electrons. The first-order valence-corrected chi connectivity index (χ1v) is 7.21. The molecule has 0 saturated heterocycles. The molecule has 0 aliphatic rings. The predicted molar refractivity (Wildman–Crippen MR) is 86.0 cm³/mol. The first kappa shape index (κ1) is 15.4. The van der Waals surface area contributed by atoms with E-state index in [1.54, 1.807) is 19.2 Å². The van der Waals surface area contributed by atoms with E-state index < -0.39 is 0 Å². The Bertz CT molecular complexity index is 643. The Balaban J connectivity index is 1.96. The third kappa shape index (κ3) is 4.23. The SMILES string of the molecule is COc1ccccc1OCC(=O)Nc1ccc(C)cc1Br. The predicted octanol–water partition coefficient (Wildman–Crippen LogP) is 3.78. The van der Waals surface area contributed by atoms with Crippen molar-refractivity contribution in [3.8, 4) is 11.5 Å². The smallest absolute Gasteiger partial charge is 0.262 e. The summed E-state index contributed by atoms with van der Waals surface area (Å²) in [6, 6.07) is 12.9. The molecule has 2 aromatic rings. The van der Waals surface area contributed by atoms with E-state index in [1.807, 2.05) is 37.3 Å². The maximum Gasteiger partial charge on any atom is 0.262 e. The summed E-state index contributed by atoms with van der Waals surface area (Å²) in [6.45, 7) is 1.90. The van der Waals surface area contributed by atoms with Crippen molar-refractivity contribution in [2.75, 3.05) is 19.0 Å². The molecule has 2 aromatic carbocycles. The van der Waals surface area contributed by atoms with E-state index in [2.05, 4.69) is 21.2 Å². The summed E-state index contributed by atoms with van der Waals surface area (Å²) in [7, 11) is 1.56. The number of carbonyl (C=O) groups is 1. The van der Waals surface area contributed by atoms with Gasteiger partial charge in [0.1, 0.15) is 0 Å². The molecule has 4 nitrogen and oxygen atoms in total. The van der Waals surface area contributed by atoms with E-state index in [-0.39, 0.29) is 12.5 Å². The standard InChI is InChI=1S/C16H16BrNO3/c1-11-7-8-13(12(17)9-11)18-16(19)10-21-15-6-4-3-5-14(15)20-2/h3-9H,10H2,1-2H3,(H,18,19). The van der Waals surface area contributed by atoms with Gasteiger partial charge in [-0.25, -0.2) is 0 Å². The van der Waals surface area contributed by atoms with Gasteiger partial charge in [-0.15, -0.1) is 0 Å². The molecule has 1 amide bonds. The van der Waals surface area contributed by atoms with Gasteiger partial charge in [0.05, 0.1) is 12.8 Å². The minimum Gasteiger partial charge on any atom is -0.493 e. The summed E-state index contributed by atoms with van der Waals surface area (Å²) in [6.07, 6.45) is 0. The van der Waals surface area contributed by atoms with Crippen LogP contribution in [0.3, 0.4) is 0 Å². The summed E-state index contributed by atoms with van der Waals surface area (Å²) in [5.41, 5.74) is 1.83. The van der Waals surface area contributed by atoms with Gasteiger partial charge in [-0.1, -0.05) is 18.2 Å². The number of para-hydroxylation sites is 2. The fourth-order valence-electron chi connectivity index (χ4n) is 1.79. The molecule has 0 aromatic heterocycles. The fourth-order valence-corrected chi connectivity index (χ4v) is 2.38. The van der Waals surface area contributed by atoms with Crippen molar-refractivity contribution in [3.63, 3.8) is 0 Å². The quantitative estimate of drug-likeness (QED) is 0.893. The topological polar surface area (TPSA) is 47.6 Å². The lowest BCUT2D eigenvalue weighted by Gasteiger charge is -2.11. The van der Waals surface area contributed by atoms with Crippen LogP contribution in [0.15, 0.2) is 46.9 Å². The Morgan fingerprint density at radius 1 is 1.19 bits per heavy atom. The molecule has 0 aliphatic heterocycles. The van der Waals surface area contributed by atoms with E-state index in [0.29, 0.717) is 17.2 Å². The molecule has 0 atom stereocenters. The van der Waals surface area contributed by atoms with Crippen LogP contribution in [0.1, 0.15) is 5.56 Å². The van der Waals surface area contributed by atoms with Crippen molar-refractivity contribution >= 4 is 27.5 Å². The lowest BCUT2D eigenvalue weighted by atomic mass is 10.2.